The molecule has 16 heavy (non-hydrogen) atoms. The zero-order chi connectivity index (χ0) is 11.8. The quantitative estimate of drug-likeness (QED) is 0.700. The smallest absolute Gasteiger partial charge is 0.273 e. The van der Waals surface area contributed by atoms with E-state index in [4.69, 9.17) is 0 Å². The van der Waals surface area contributed by atoms with Crippen molar-refractivity contribution in [1.29, 1.82) is 0 Å². The maximum absolute atomic E-state index is 11.6. The Labute approximate surface area is 92.7 Å². The molecule has 1 N–H and O–H groups in total. The van der Waals surface area contributed by atoms with Crippen molar-refractivity contribution < 1.29 is 13.2 Å². The molecule has 1 atom stereocenters. The Hall–Kier alpha value is -1.44. The van der Waals surface area contributed by atoms with Crippen LogP contribution in [0.4, 0.5) is 0 Å². The lowest BCUT2D eigenvalue weighted by atomic mass is 10.2. The molecule has 0 saturated carbocycles. The van der Waals surface area contributed by atoms with Crippen molar-refractivity contribution in [2.75, 3.05) is 11.5 Å². The van der Waals surface area contributed by atoms with Crippen LogP contribution in [0.1, 0.15) is 16.9 Å². The Morgan fingerprint density at radius 3 is 2.88 bits per heavy atom. The lowest BCUT2D eigenvalue weighted by molar-refractivity contribution is 0.0935. The SMILES string of the molecule is Cn1ncc(C(=O)NC2CCS(=O)(=O)C2)n1. The number of nitrogens with one attached hydrogen (secondary N) is 1. The fourth-order valence-corrected chi connectivity index (χ4v) is 3.29. The Morgan fingerprint density at radius 2 is 2.38 bits per heavy atom. The lowest BCUT2D eigenvalue weighted by Gasteiger charge is -2.08. The third-order valence-corrected chi connectivity index (χ3v) is 4.17. The highest BCUT2D eigenvalue weighted by Crippen LogP contribution is 2.11. The van der Waals surface area contributed by atoms with Crippen molar-refractivity contribution in [3.05, 3.63) is 11.9 Å². The Morgan fingerprint density at radius 1 is 1.62 bits per heavy atom. The molecule has 2 rings (SSSR count). The van der Waals surface area contributed by atoms with Gasteiger partial charge in [0.25, 0.3) is 5.91 Å². The van der Waals surface area contributed by atoms with E-state index in [2.05, 4.69) is 15.5 Å². The number of carbonyl (C=O) groups excluding carboxylic acids is 1. The third-order valence-electron chi connectivity index (χ3n) is 2.40. The average Bonchev–Trinajstić information content (AvgIpc) is 2.73. The first-order chi connectivity index (χ1) is 7.46. The molecule has 1 aromatic heterocycles. The Bertz CT molecular complexity index is 507. The number of aromatic nitrogens is 3. The molecule has 0 spiro atoms. The standard InChI is InChI=1S/C8H12N4O3S/c1-12-9-4-7(11-12)8(13)10-6-2-3-16(14,15)5-6/h4,6H,2-3,5H2,1H3,(H,10,13). The van der Waals surface area contributed by atoms with Gasteiger partial charge in [0.15, 0.2) is 15.5 Å². The Kier molecular flexibility index (Phi) is 2.66. The summed E-state index contributed by atoms with van der Waals surface area (Å²) in [6, 6.07) is -0.306. The minimum atomic E-state index is -2.97. The molecule has 1 unspecified atom stereocenters. The minimum absolute atomic E-state index is 0.0129. The molecule has 2 heterocycles. The topological polar surface area (TPSA) is 94.0 Å². The highest BCUT2D eigenvalue weighted by Gasteiger charge is 2.29. The van der Waals surface area contributed by atoms with Crippen molar-refractivity contribution in [2.45, 2.75) is 12.5 Å². The summed E-state index contributed by atoms with van der Waals surface area (Å²) in [6.07, 6.45) is 1.81. The Balaban J connectivity index is 1.99. The number of nitrogens with zero attached hydrogens (tertiary/aromatic N) is 3. The molecule has 1 saturated heterocycles. The second-order valence-electron chi connectivity index (χ2n) is 3.79. The molecular formula is C8H12N4O3S. The molecule has 1 aromatic rings. The second-order valence-corrected chi connectivity index (χ2v) is 6.02. The van der Waals surface area contributed by atoms with Crippen molar-refractivity contribution >= 4 is 15.7 Å². The number of sulfone groups is 1. The van der Waals surface area contributed by atoms with Gasteiger partial charge in [0.05, 0.1) is 17.7 Å². The molecule has 1 aliphatic rings. The van der Waals surface area contributed by atoms with Crippen LogP contribution in [-0.2, 0) is 16.9 Å². The predicted octanol–water partition coefficient (Wildman–Crippen LogP) is -1.27. The molecule has 0 radical (unpaired) electrons. The summed E-state index contributed by atoms with van der Waals surface area (Å²) in [5.74, 6) is -0.229. The van der Waals surface area contributed by atoms with E-state index in [1.165, 1.54) is 11.0 Å². The van der Waals surface area contributed by atoms with E-state index in [1.54, 1.807) is 7.05 Å². The summed E-state index contributed by atoms with van der Waals surface area (Å²) >= 11 is 0. The first-order valence-corrected chi connectivity index (χ1v) is 6.66. The predicted molar refractivity (Wildman–Crippen MR) is 55.5 cm³/mol. The van der Waals surface area contributed by atoms with Gasteiger partial charge in [0.1, 0.15) is 0 Å². The molecule has 88 valence electrons. The molecule has 0 bridgehead atoms. The molecule has 1 fully saturated rings. The summed E-state index contributed by atoms with van der Waals surface area (Å²) in [5.41, 5.74) is 0.201. The van der Waals surface area contributed by atoms with Gasteiger partial charge in [-0.2, -0.15) is 9.90 Å². The van der Waals surface area contributed by atoms with Gasteiger partial charge >= 0.3 is 0 Å². The van der Waals surface area contributed by atoms with E-state index in [1.807, 2.05) is 0 Å². The van der Waals surface area contributed by atoms with Crippen LogP contribution in [0.2, 0.25) is 0 Å². The molecule has 1 amide bonds. The first-order valence-electron chi connectivity index (χ1n) is 4.84. The molecule has 1 aliphatic heterocycles. The third kappa shape index (κ3) is 2.38. The first kappa shape index (κ1) is 11.1. The lowest BCUT2D eigenvalue weighted by Crippen LogP contribution is -2.35. The molecule has 8 heteroatoms. The summed E-state index contributed by atoms with van der Waals surface area (Å²) < 4.78 is 22.4. The molecule has 7 nitrogen and oxygen atoms in total. The zero-order valence-corrected chi connectivity index (χ0v) is 9.57. The van der Waals surface area contributed by atoms with E-state index in [0.29, 0.717) is 6.42 Å². The van der Waals surface area contributed by atoms with Crippen LogP contribution in [0.3, 0.4) is 0 Å². The van der Waals surface area contributed by atoms with Crippen molar-refractivity contribution in [3.63, 3.8) is 0 Å². The van der Waals surface area contributed by atoms with E-state index >= 15 is 0 Å². The number of rotatable bonds is 2. The number of aryl methyl sites for hydroxylation is 1. The van der Waals surface area contributed by atoms with Gasteiger partial charge in [0, 0.05) is 13.1 Å². The minimum Gasteiger partial charge on any atom is -0.347 e. The zero-order valence-electron chi connectivity index (χ0n) is 8.75. The van der Waals surface area contributed by atoms with Crippen molar-refractivity contribution in [2.24, 2.45) is 7.05 Å². The fourth-order valence-electron chi connectivity index (χ4n) is 1.62. The highest BCUT2D eigenvalue weighted by molar-refractivity contribution is 7.91. The van der Waals surface area contributed by atoms with Crippen molar-refractivity contribution in [1.82, 2.24) is 20.3 Å². The van der Waals surface area contributed by atoms with Crippen LogP contribution in [0.15, 0.2) is 6.20 Å². The highest BCUT2D eigenvalue weighted by atomic mass is 32.2. The van der Waals surface area contributed by atoms with Crippen LogP contribution in [-0.4, -0.2) is 46.9 Å². The number of amides is 1. The summed E-state index contributed by atoms with van der Waals surface area (Å²) in [5, 5.41) is 10.2. The van der Waals surface area contributed by atoms with Crippen LogP contribution in [0.5, 0.6) is 0 Å². The van der Waals surface area contributed by atoms with Gasteiger partial charge in [-0.3, -0.25) is 4.79 Å². The summed E-state index contributed by atoms with van der Waals surface area (Å²) in [7, 11) is -1.37. The monoisotopic (exact) mass is 244 g/mol. The van der Waals surface area contributed by atoms with E-state index in [0.717, 1.165) is 0 Å². The average molecular weight is 244 g/mol. The number of hydrogen-bond acceptors (Lipinski definition) is 5. The van der Waals surface area contributed by atoms with Crippen LogP contribution in [0.25, 0.3) is 0 Å². The fraction of sp³-hybridized carbons (Fsp3) is 0.625. The van der Waals surface area contributed by atoms with E-state index in [-0.39, 0.29) is 29.1 Å². The van der Waals surface area contributed by atoms with Gasteiger partial charge in [0.2, 0.25) is 0 Å². The number of hydrogen-bond donors (Lipinski definition) is 1. The molecular weight excluding hydrogens is 232 g/mol. The van der Waals surface area contributed by atoms with Gasteiger partial charge in [-0.25, -0.2) is 8.42 Å². The maximum Gasteiger partial charge on any atom is 0.273 e. The summed E-state index contributed by atoms with van der Waals surface area (Å²) in [4.78, 5) is 12.9. The van der Waals surface area contributed by atoms with Gasteiger partial charge < -0.3 is 5.32 Å². The van der Waals surface area contributed by atoms with E-state index < -0.39 is 9.84 Å². The van der Waals surface area contributed by atoms with Crippen LogP contribution in [0, 0.1) is 0 Å². The number of carbonyl (C=O) groups is 1. The molecule has 0 aromatic carbocycles. The van der Waals surface area contributed by atoms with E-state index in [9.17, 15) is 13.2 Å². The largest absolute Gasteiger partial charge is 0.347 e. The molecule has 0 aliphatic carbocycles. The van der Waals surface area contributed by atoms with Gasteiger partial charge in [-0.15, -0.1) is 5.10 Å². The van der Waals surface area contributed by atoms with Crippen LogP contribution < -0.4 is 5.32 Å². The van der Waals surface area contributed by atoms with Crippen LogP contribution >= 0.6 is 0 Å². The second kappa shape index (κ2) is 3.85. The van der Waals surface area contributed by atoms with Gasteiger partial charge in [-0.1, -0.05) is 0 Å². The van der Waals surface area contributed by atoms with Gasteiger partial charge in [-0.05, 0) is 6.42 Å². The maximum atomic E-state index is 11.6. The summed E-state index contributed by atoms with van der Waals surface area (Å²) in [6.45, 7) is 0. The van der Waals surface area contributed by atoms with Crippen molar-refractivity contribution in [3.8, 4) is 0 Å². The normalized spacial score (nSPS) is 23.2.